The van der Waals surface area contributed by atoms with E-state index in [1.54, 1.807) is 28.8 Å². The molecule has 0 atom stereocenters. The molecule has 0 fully saturated rings. The predicted molar refractivity (Wildman–Crippen MR) is 108 cm³/mol. The number of thiazole rings is 1. The number of rotatable bonds is 6. The number of furan rings is 1. The Morgan fingerprint density at radius 2 is 2.08 bits per heavy atom. The third-order valence-electron chi connectivity index (χ3n) is 3.62. The monoisotopic (exact) mass is 439 g/mol. The normalized spacial score (nSPS) is 11.4. The van der Waals surface area contributed by atoms with Crippen molar-refractivity contribution in [3.63, 3.8) is 0 Å². The van der Waals surface area contributed by atoms with Crippen molar-refractivity contribution in [2.75, 3.05) is 38.3 Å². The average molecular weight is 440 g/mol. The molecule has 0 saturated carbocycles. The van der Waals surface area contributed by atoms with Gasteiger partial charge in [-0.15, -0.1) is 11.8 Å². The van der Waals surface area contributed by atoms with Gasteiger partial charge >= 0.3 is 0 Å². The van der Waals surface area contributed by atoms with Crippen LogP contribution in [-0.4, -0.2) is 49.2 Å². The second-order valence-electron chi connectivity index (χ2n) is 5.69. The first-order valence-corrected chi connectivity index (χ1v) is 10.5. The van der Waals surface area contributed by atoms with Crippen LogP contribution in [0, 0.1) is 0 Å². The summed E-state index contributed by atoms with van der Waals surface area (Å²) in [5, 5.41) is 0.688. The molecule has 0 unspecified atom stereocenters. The van der Waals surface area contributed by atoms with E-state index in [-0.39, 0.29) is 5.91 Å². The molecule has 0 spiro atoms. The van der Waals surface area contributed by atoms with Crippen LogP contribution in [0.2, 0.25) is 0 Å². The fraction of sp³-hybridized carbons (Fsp3) is 0.294. The number of hydrogen-bond donors (Lipinski definition) is 0. The summed E-state index contributed by atoms with van der Waals surface area (Å²) in [5.74, 6) is 0.117. The molecule has 0 aliphatic rings. The highest BCUT2D eigenvalue weighted by molar-refractivity contribution is 9.10. The van der Waals surface area contributed by atoms with Gasteiger partial charge in [0.05, 0.1) is 10.2 Å². The van der Waals surface area contributed by atoms with Crippen molar-refractivity contribution < 1.29 is 9.21 Å². The Balaban J connectivity index is 1.97. The summed E-state index contributed by atoms with van der Waals surface area (Å²) in [6.45, 7) is 1.28. The highest BCUT2D eigenvalue weighted by atomic mass is 79.9. The van der Waals surface area contributed by atoms with Gasteiger partial charge in [-0.25, -0.2) is 4.98 Å². The largest absolute Gasteiger partial charge is 0.444 e. The van der Waals surface area contributed by atoms with E-state index < -0.39 is 0 Å². The Hall–Kier alpha value is -1.35. The van der Waals surface area contributed by atoms with E-state index in [2.05, 4.69) is 27.0 Å². The Kier molecular flexibility index (Phi) is 5.83. The molecule has 0 N–H and O–H groups in total. The van der Waals surface area contributed by atoms with Gasteiger partial charge in [-0.3, -0.25) is 9.69 Å². The summed E-state index contributed by atoms with van der Waals surface area (Å²) >= 11 is 6.47. The molecule has 2 aromatic heterocycles. The Bertz CT molecular complexity index is 891. The molecule has 1 amide bonds. The average Bonchev–Trinajstić information content (AvgIpc) is 3.19. The summed E-state index contributed by atoms with van der Waals surface area (Å²) < 4.78 is 7.06. The molecule has 3 rings (SSSR count). The van der Waals surface area contributed by atoms with Gasteiger partial charge in [0.1, 0.15) is 0 Å². The lowest BCUT2D eigenvalue weighted by atomic mass is 10.3. The maximum absolute atomic E-state index is 12.9. The Morgan fingerprint density at radius 3 is 2.72 bits per heavy atom. The van der Waals surface area contributed by atoms with Gasteiger partial charge in [-0.1, -0.05) is 11.3 Å². The number of carbonyl (C=O) groups excluding carboxylic acids is 1. The minimum atomic E-state index is -0.184. The molecule has 2 heterocycles. The SMILES string of the molecule is CSc1ccc2nc(N(CCN(C)C)C(=O)c3ccc(Br)o3)sc2c1. The number of aromatic nitrogens is 1. The van der Waals surface area contributed by atoms with Crippen molar-refractivity contribution in [1.82, 2.24) is 9.88 Å². The first-order chi connectivity index (χ1) is 12.0. The second-order valence-corrected chi connectivity index (χ2v) is 8.36. The number of anilines is 1. The maximum atomic E-state index is 12.9. The molecule has 132 valence electrons. The zero-order chi connectivity index (χ0) is 18.0. The molecule has 0 bridgehead atoms. The van der Waals surface area contributed by atoms with Gasteiger partial charge in [-0.2, -0.15) is 0 Å². The molecule has 5 nitrogen and oxygen atoms in total. The van der Waals surface area contributed by atoms with Crippen molar-refractivity contribution in [2.45, 2.75) is 4.90 Å². The number of thioether (sulfide) groups is 1. The quantitative estimate of drug-likeness (QED) is 0.525. The highest BCUT2D eigenvalue weighted by Gasteiger charge is 2.24. The zero-order valence-electron chi connectivity index (χ0n) is 14.2. The lowest BCUT2D eigenvalue weighted by Crippen LogP contribution is -2.36. The van der Waals surface area contributed by atoms with Gasteiger partial charge in [0.2, 0.25) is 0 Å². The van der Waals surface area contributed by atoms with Crippen LogP contribution in [0.3, 0.4) is 0 Å². The van der Waals surface area contributed by atoms with E-state index in [0.29, 0.717) is 22.1 Å². The fourth-order valence-electron chi connectivity index (χ4n) is 2.28. The standard InChI is InChI=1S/C17H18BrN3O2S2/c1-20(2)8-9-21(16(22)13-6-7-15(18)23-13)17-19-12-5-4-11(24-3)10-14(12)25-17/h4-7,10H,8-9H2,1-3H3. The van der Waals surface area contributed by atoms with Crippen molar-refractivity contribution in [3.8, 4) is 0 Å². The molecule has 0 aliphatic carbocycles. The zero-order valence-corrected chi connectivity index (χ0v) is 17.4. The lowest BCUT2D eigenvalue weighted by Gasteiger charge is -2.20. The Morgan fingerprint density at radius 1 is 1.28 bits per heavy atom. The van der Waals surface area contributed by atoms with Crippen molar-refractivity contribution in [2.24, 2.45) is 0 Å². The van der Waals surface area contributed by atoms with Gasteiger partial charge in [0.25, 0.3) is 5.91 Å². The first-order valence-electron chi connectivity index (χ1n) is 7.64. The molecule has 0 aliphatic heterocycles. The minimum absolute atomic E-state index is 0.184. The van der Waals surface area contributed by atoms with Crippen molar-refractivity contribution in [3.05, 3.63) is 40.8 Å². The smallest absolute Gasteiger partial charge is 0.295 e. The van der Waals surface area contributed by atoms with Crippen LogP contribution in [-0.2, 0) is 0 Å². The fourth-order valence-corrected chi connectivity index (χ4v) is 4.13. The van der Waals surface area contributed by atoms with Crippen LogP contribution in [0.1, 0.15) is 10.6 Å². The van der Waals surface area contributed by atoms with Gasteiger partial charge < -0.3 is 9.32 Å². The molecule has 1 aromatic carbocycles. The number of halogens is 1. The Labute approximate surface area is 163 Å². The molecular formula is C17H18BrN3O2S2. The number of nitrogens with zero attached hydrogens (tertiary/aromatic N) is 3. The number of benzene rings is 1. The van der Waals surface area contributed by atoms with Crippen molar-refractivity contribution in [1.29, 1.82) is 0 Å². The topological polar surface area (TPSA) is 49.6 Å². The summed E-state index contributed by atoms with van der Waals surface area (Å²) in [4.78, 5) is 22.5. The highest BCUT2D eigenvalue weighted by Crippen LogP contribution is 2.32. The van der Waals surface area contributed by atoms with Crippen LogP contribution < -0.4 is 4.90 Å². The third kappa shape index (κ3) is 4.25. The van der Waals surface area contributed by atoms with Crippen LogP contribution in [0.25, 0.3) is 10.2 Å². The van der Waals surface area contributed by atoms with E-state index in [0.717, 1.165) is 16.8 Å². The second kappa shape index (κ2) is 7.90. The summed E-state index contributed by atoms with van der Waals surface area (Å²) in [6, 6.07) is 9.55. The molecule has 0 radical (unpaired) electrons. The number of hydrogen-bond acceptors (Lipinski definition) is 6. The summed E-state index contributed by atoms with van der Waals surface area (Å²) in [7, 11) is 3.96. The molecular weight excluding hydrogens is 422 g/mol. The van der Waals surface area contributed by atoms with Crippen LogP contribution in [0.15, 0.2) is 44.3 Å². The first kappa shape index (κ1) is 18.4. The predicted octanol–water partition coefficient (Wildman–Crippen LogP) is 4.58. The molecule has 25 heavy (non-hydrogen) atoms. The number of carbonyl (C=O) groups is 1. The molecule has 3 aromatic rings. The van der Waals surface area contributed by atoms with Crippen LogP contribution in [0.5, 0.6) is 0 Å². The summed E-state index contributed by atoms with van der Waals surface area (Å²) in [5.41, 5.74) is 0.904. The van der Waals surface area contributed by atoms with Crippen LogP contribution >= 0.6 is 39.0 Å². The maximum Gasteiger partial charge on any atom is 0.295 e. The minimum Gasteiger partial charge on any atom is -0.444 e. The van der Waals surface area contributed by atoms with Crippen LogP contribution in [0.4, 0.5) is 5.13 Å². The third-order valence-corrected chi connectivity index (χ3v) is 5.81. The molecule has 0 saturated heterocycles. The van der Waals surface area contributed by atoms with Gasteiger partial charge in [0.15, 0.2) is 15.6 Å². The van der Waals surface area contributed by atoms with E-state index in [9.17, 15) is 4.79 Å². The van der Waals surface area contributed by atoms with E-state index in [4.69, 9.17) is 4.42 Å². The number of fused-ring (bicyclic) bond motifs is 1. The van der Waals surface area contributed by atoms with E-state index >= 15 is 0 Å². The van der Waals surface area contributed by atoms with Gasteiger partial charge in [-0.05, 0) is 66.6 Å². The van der Waals surface area contributed by atoms with Crippen molar-refractivity contribution >= 4 is 60.3 Å². The summed E-state index contributed by atoms with van der Waals surface area (Å²) in [6.07, 6.45) is 2.05. The number of amides is 1. The van der Waals surface area contributed by atoms with E-state index in [1.807, 2.05) is 37.4 Å². The van der Waals surface area contributed by atoms with Gasteiger partial charge in [0, 0.05) is 18.0 Å². The van der Waals surface area contributed by atoms with E-state index in [1.165, 1.54) is 16.2 Å². The molecule has 8 heteroatoms. The lowest BCUT2D eigenvalue weighted by molar-refractivity contribution is 0.0957. The number of likely N-dealkylation sites (N-methyl/N-ethyl adjacent to an activating group) is 1.